The van der Waals surface area contributed by atoms with E-state index in [9.17, 15) is 4.79 Å². The molecule has 5 heterocycles. The van der Waals surface area contributed by atoms with E-state index in [4.69, 9.17) is 9.15 Å². The molecule has 0 aromatic carbocycles. The molecule has 150 valence electrons. The Morgan fingerprint density at radius 3 is 2.66 bits per heavy atom. The van der Waals surface area contributed by atoms with Gasteiger partial charge in [-0.1, -0.05) is 6.08 Å². The van der Waals surface area contributed by atoms with Crippen molar-refractivity contribution in [2.24, 2.45) is 0 Å². The van der Waals surface area contributed by atoms with Gasteiger partial charge < -0.3 is 19.0 Å². The number of nitrogens with zero attached hydrogens (tertiary/aromatic N) is 5. The van der Waals surface area contributed by atoms with Crippen molar-refractivity contribution in [1.82, 2.24) is 20.1 Å². The third-order valence-corrected chi connectivity index (χ3v) is 6.00. The van der Waals surface area contributed by atoms with E-state index >= 15 is 0 Å². The van der Waals surface area contributed by atoms with E-state index in [1.54, 1.807) is 6.20 Å². The first kappa shape index (κ1) is 18.1. The number of amides is 1. The van der Waals surface area contributed by atoms with Gasteiger partial charge in [0.1, 0.15) is 5.69 Å². The van der Waals surface area contributed by atoms with Crippen LogP contribution in [0.5, 0.6) is 0 Å². The van der Waals surface area contributed by atoms with Crippen LogP contribution in [0.25, 0.3) is 17.2 Å². The van der Waals surface area contributed by atoms with E-state index in [1.807, 2.05) is 44.9 Å². The number of carbonyl (C=O) groups excluding carboxylic acids is 1. The first-order chi connectivity index (χ1) is 13.9. The first-order valence-corrected chi connectivity index (χ1v) is 9.72. The van der Waals surface area contributed by atoms with Crippen LogP contribution >= 0.6 is 0 Å². The standard InChI is InChI=1S/C21H23N5O3/c1-12-7-13(5-6-25(12)4)18-23-24-19(29-18)16-8-17-15(9-22-16)21(2,3)20(27)26(17)14-10-28-11-14/h5,7-9,14H,6,10-11H2,1-4H3. The number of pyridine rings is 1. The smallest absolute Gasteiger partial charge is 0.266 e. The number of hydrogen-bond donors (Lipinski definition) is 0. The zero-order valence-electron chi connectivity index (χ0n) is 17.0. The lowest BCUT2D eigenvalue weighted by molar-refractivity contribution is -0.124. The second-order valence-corrected chi connectivity index (χ2v) is 8.32. The topological polar surface area (TPSA) is 84.6 Å². The molecule has 3 aliphatic heterocycles. The maximum absolute atomic E-state index is 13.0. The van der Waals surface area contributed by atoms with E-state index in [2.05, 4.69) is 26.2 Å². The molecule has 0 bridgehead atoms. The number of rotatable bonds is 3. The van der Waals surface area contributed by atoms with Crippen LogP contribution in [0.15, 0.2) is 34.5 Å². The molecule has 0 unspecified atom stereocenters. The minimum Gasteiger partial charge on any atom is -0.415 e. The molecule has 1 saturated heterocycles. The van der Waals surface area contributed by atoms with Crippen LogP contribution < -0.4 is 4.90 Å². The second-order valence-electron chi connectivity index (χ2n) is 8.32. The Morgan fingerprint density at radius 1 is 1.21 bits per heavy atom. The van der Waals surface area contributed by atoms with Gasteiger partial charge in [-0.2, -0.15) is 0 Å². The third-order valence-electron chi connectivity index (χ3n) is 6.00. The molecule has 0 saturated carbocycles. The molecule has 0 atom stereocenters. The predicted octanol–water partition coefficient (Wildman–Crippen LogP) is 2.39. The molecule has 2 aromatic rings. The predicted molar refractivity (Wildman–Crippen MR) is 107 cm³/mol. The Balaban J connectivity index is 1.51. The number of carbonyl (C=O) groups is 1. The van der Waals surface area contributed by atoms with Crippen molar-refractivity contribution in [3.8, 4) is 11.6 Å². The Hall–Kier alpha value is -3.00. The Morgan fingerprint density at radius 2 is 1.97 bits per heavy atom. The lowest BCUT2D eigenvalue weighted by atomic mass is 9.87. The quantitative estimate of drug-likeness (QED) is 0.791. The SMILES string of the molecule is CC1=CC(c2nnc(-c3cc4c(cn3)C(C)(C)C(=O)N4C3COC3)o2)=CCN1C. The summed E-state index contributed by atoms with van der Waals surface area (Å²) in [6, 6.07) is 1.94. The first-order valence-electron chi connectivity index (χ1n) is 9.72. The molecule has 1 fully saturated rings. The normalized spacial score (nSPS) is 21.0. The number of aromatic nitrogens is 3. The number of fused-ring (bicyclic) bond motifs is 1. The highest BCUT2D eigenvalue weighted by Crippen LogP contribution is 2.44. The maximum atomic E-state index is 13.0. The molecule has 3 aliphatic rings. The summed E-state index contributed by atoms with van der Waals surface area (Å²) >= 11 is 0. The van der Waals surface area contributed by atoms with Gasteiger partial charge in [0, 0.05) is 36.6 Å². The lowest BCUT2D eigenvalue weighted by Crippen LogP contribution is -2.52. The number of allylic oxidation sites excluding steroid dienone is 3. The highest BCUT2D eigenvalue weighted by atomic mass is 16.5. The van der Waals surface area contributed by atoms with Crippen LogP contribution in [-0.4, -0.2) is 58.8 Å². The molecule has 5 rings (SSSR count). The van der Waals surface area contributed by atoms with Crippen molar-refractivity contribution >= 4 is 17.2 Å². The minimum absolute atomic E-state index is 0.0639. The van der Waals surface area contributed by atoms with Gasteiger partial charge in [-0.25, -0.2) is 0 Å². The summed E-state index contributed by atoms with van der Waals surface area (Å²) in [6.07, 6.45) is 5.83. The van der Waals surface area contributed by atoms with Gasteiger partial charge in [0.15, 0.2) is 0 Å². The number of ether oxygens (including phenoxy) is 1. The molecule has 0 radical (unpaired) electrons. The van der Waals surface area contributed by atoms with Crippen molar-refractivity contribution in [3.05, 3.63) is 41.6 Å². The van der Waals surface area contributed by atoms with Gasteiger partial charge >= 0.3 is 0 Å². The Bertz CT molecular complexity index is 1060. The van der Waals surface area contributed by atoms with E-state index in [0.717, 1.165) is 29.1 Å². The summed E-state index contributed by atoms with van der Waals surface area (Å²) in [5.74, 6) is 0.883. The fourth-order valence-electron chi connectivity index (χ4n) is 3.87. The van der Waals surface area contributed by atoms with Crippen molar-refractivity contribution in [1.29, 1.82) is 0 Å². The molecule has 0 spiro atoms. The zero-order chi connectivity index (χ0) is 20.3. The Kier molecular flexibility index (Phi) is 3.89. The van der Waals surface area contributed by atoms with Crippen LogP contribution in [0.3, 0.4) is 0 Å². The molecular weight excluding hydrogens is 370 g/mol. The van der Waals surface area contributed by atoms with E-state index in [-0.39, 0.29) is 11.9 Å². The zero-order valence-corrected chi connectivity index (χ0v) is 17.0. The van der Waals surface area contributed by atoms with Crippen LogP contribution in [0, 0.1) is 0 Å². The van der Waals surface area contributed by atoms with Crippen molar-refractivity contribution in [3.63, 3.8) is 0 Å². The van der Waals surface area contributed by atoms with Crippen LogP contribution in [0.1, 0.15) is 32.2 Å². The lowest BCUT2D eigenvalue weighted by Gasteiger charge is -2.35. The van der Waals surface area contributed by atoms with Gasteiger partial charge in [-0.05, 0) is 32.9 Å². The van der Waals surface area contributed by atoms with Gasteiger partial charge in [-0.15, -0.1) is 10.2 Å². The third kappa shape index (κ3) is 2.70. The summed E-state index contributed by atoms with van der Waals surface area (Å²) in [5, 5.41) is 8.41. The molecule has 2 aromatic heterocycles. The summed E-state index contributed by atoms with van der Waals surface area (Å²) in [7, 11) is 2.04. The minimum atomic E-state index is -0.613. The highest BCUT2D eigenvalue weighted by molar-refractivity contribution is 6.08. The van der Waals surface area contributed by atoms with E-state index < -0.39 is 5.41 Å². The number of hydrogen-bond acceptors (Lipinski definition) is 7. The molecule has 8 nitrogen and oxygen atoms in total. The number of anilines is 1. The van der Waals surface area contributed by atoms with Crippen molar-refractivity contribution < 1.29 is 13.9 Å². The average Bonchev–Trinajstić information content (AvgIpc) is 3.21. The average molecular weight is 393 g/mol. The molecule has 29 heavy (non-hydrogen) atoms. The molecule has 0 N–H and O–H groups in total. The summed E-state index contributed by atoms with van der Waals surface area (Å²) < 4.78 is 11.2. The van der Waals surface area contributed by atoms with Gasteiger partial charge in [0.2, 0.25) is 11.8 Å². The fourth-order valence-corrected chi connectivity index (χ4v) is 3.87. The second kappa shape index (κ2) is 6.25. The summed E-state index contributed by atoms with van der Waals surface area (Å²) in [5.41, 5.74) is 3.76. The highest BCUT2D eigenvalue weighted by Gasteiger charge is 2.48. The fraction of sp³-hybridized carbons (Fsp3) is 0.429. The largest absolute Gasteiger partial charge is 0.415 e. The monoisotopic (exact) mass is 393 g/mol. The molecule has 8 heteroatoms. The van der Waals surface area contributed by atoms with Crippen molar-refractivity contribution in [2.75, 3.05) is 31.7 Å². The molecule has 1 amide bonds. The van der Waals surface area contributed by atoms with Gasteiger partial charge in [0.05, 0.1) is 30.4 Å². The van der Waals surface area contributed by atoms with E-state index in [1.165, 1.54) is 0 Å². The van der Waals surface area contributed by atoms with E-state index in [0.29, 0.717) is 30.7 Å². The van der Waals surface area contributed by atoms with Gasteiger partial charge in [0.25, 0.3) is 5.89 Å². The summed E-state index contributed by atoms with van der Waals surface area (Å²) in [4.78, 5) is 21.5. The van der Waals surface area contributed by atoms with Gasteiger partial charge in [-0.3, -0.25) is 9.78 Å². The Labute approximate surface area is 168 Å². The maximum Gasteiger partial charge on any atom is 0.266 e. The molecule has 0 aliphatic carbocycles. The molecular formula is C21H23N5O3. The summed E-state index contributed by atoms with van der Waals surface area (Å²) in [6.45, 7) is 7.81. The van der Waals surface area contributed by atoms with Crippen LogP contribution in [-0.2, 0) is 14.9 Å². The number of likely N-dealkylation sites (N-methyl/N-ethyl adjacent to an activating group) is 1. The van der Waals surface area contributed by atoms with Crippen LogP contribution in [0.2, 0.25) is 0 Å². The van der Waals surface area contributed by atoms with Crippen molar-refractivity contribution in [2.45, 2.75) is 32.2 Å². The van der Waals surface area contributed by atoms with Crippen LogP contribution in [0.4, 0.5) is 5.69 Å².